The number of hydrogen-bond donors (Lipinski definition) is 1. The first-order valence-electron chi connectivity index (χ1n) is 9.82. The Bertz CT molecular complexity index is 1240. The second kappa shape index (κ2) is 8.46. The summed E-state index contributed by atoms with van der Waals surface area (Å²) in [5.74, 6) is 6.59. The van der Waals surface area contributed by atoms with Gasteiger partial charge in [0, 0.05) is 21.6 Å². The van der Waals surface area contributed by atoms with Gasteiger partial charge in [-0.25, -0.2) is 0 Å². The van der Waals surface area contributed by atoms with Gasteiger partial charge in [-0.1, -0.05) is 24.0 Å². The molecule has 1 aliphatic heterocycles. The molecule has 158 valence electrons. The number of benzene rings is 1. The van der Waals surface area contributed by atoms with Crippen molar-refractivity contribution in [2.75, 3.05) is 13.7 Å². The third-order valence-corrected chi connectivity index (χ3v) is 6.49. The smallest absolute Gasteiger partial charge is 0.308 e. The summed E-state index contributed by atoms with van der Waals surface area (Å²) in [5, 5.41) is 18.6. The highest BCUT2D eigenvalue weighted by Crippen LogP contribution is 2.39. The molecule has 1 atom stereocenters. The Morgan fingerprint density at radius 2 is 1.97 bits per heavy atom. The SMILES string of the molecule is COC(=O)C[C@@H]1N=C(c2ccc(C#CCO)cc2)c2c(sc(C)c2C)-n2c(C)nnc21. The van der Waals surface area contributed by atoms with Gasteiger partial charge < -0.3 is 9.84 Å². The normalized spacial score (nSPS) is 14.6. The minimum Gasteiger partial charge on any atom is -0.469 e. The van der Waals surface area contributed by atoms with Gasteiger partial charge in [0.1, 0.15) is 23.5 Å². The number of carbonyl (C=O) groups is 1. The number of aromatic nitrogens is 3. The summed E-state index contributed by atoms with van der Waals surface area (Å²) < 4.78 is 6.92. The maximum Gasteiger partial charge on any atom is 0.308 e. The molecule has 0 unspecified atom stereocenters. The van der Waals surface area contributed by atoms with Crippen molar-refractivity contribution in [1.82, 2.24) is 14.8 Å². The fourth-order valence-corrected chi connectivity index (χ4v) is 4.83. The van der Waals surface area contributed by atoms with E-state index in [0.29, 0.717) is 5.82 Å². The van der Waals surface area contributed by atoms with Crippen LogP contribution in [0.3, 0.4) is 0 Å². The number of hydrogen-bond acceptors (Lipinski definition) is 7. The fourth-order valence-electron chi connectivity index (χ4n) is 3.62. The predicted octanol–water partition coefficient (Wildman–Crippen LogP) is 3.05. The van der Waals surface area contributed by atoms with Gasteiger partial charge in [0.2, 0.25) is 0 Å². The lowest BCUT2D eigenvalue weighted by atomic mass is 9.98. The van der Waals surface area contributed by atoms with Gasteiger partial charge in [-0.15, -0.1) is 21.5 Å². The number of methoxy groups -OCH3 is 1. The van der Waals surface area contributed by atoms with Gasteiger partial charge in [0.25, 0.3) is 0 Å². The van der Waals surface area contributed by atoms with Crippen LogP contribution in [0, 0.1) is 32.6 Å². The Morgan fingerprint density at radius 1 is 1.23 bits per heavy atom. The summed E-state index contributed by atoms with van der Waals surface area (Å²) in [6.45, 7) is 5.89. The van der Waals surface area contributed by atoms with Crippen molar-refractivity contribution < 1.29 is 14.6 Å². The molecule has 1 aliphatic rings. The molecule has 0 saturated carbocycles. The largest absolute Gasteiger partial charge is 0.469 e. The van der Waals surface area contributed by atoms with Gasteiger partial charge in [0.05, 0.1) is 19.2 Å². The van der Waals surface area contributed by atoms with E-state index >= 15 is 0 Å². The second-order valence-electron chi connectivity index (χ2n) is 7.22. The fraction of sp³-hybridized carbons (Fsp3) is 0.304. The summed E-state index contributed by atoms with van der Waals surface area (Å²) in [5.41, 5.74) is 4.69. The molecule has 0 radical (unpaired) electrons. The molecule has 1 N–H and O–H groups in total. The van der Waals surface area contributed by atoms with Crippen molar-refractivity contribution in [3.63, 3.8) is 0 Å². The van der Waals surface area contributed by atoms with Gasteiger partial charge in [-0.2, -0.15) is 0 Å². The van der Waals surface area contributed by atoms with E-state index < -0.39 is 6.04 Å². The van der Waals surface area contributed by atoms with Crippen LogP contribution >= 0.6 is 11.3 Å². The van der Waals surface area contributed by atoms with Crippen LogP contribution in [0.25, 0.3) is 5.00 Å². The number of rotatable bonds is 3. The van der Waals surface area contributed by atoms with Gasteiger partial charge >= 0.3 is 5.97 Å². The lowest BCUT2D eigenvalue weighted by molar-refractivity contribution is -0.141. The molecule has 3 aromatic rings. The van der Waals surface area contributed by atoms with Crippen LogP contribution in [0.2, 0.25) is 0 Å². The van der Waals surface area contributed by atoms with E-state index in [9.17, 15) is 4.79 Å². The summed E-state index contributed by atoms with van der Waals surface area (Å²) in [6.07, 6.45) is 0.0746. The van der Waals surface area contributed by atoms with Crippen LogP contribution < -0.4 is 0 Å². The van der Waals surface area contributed by atoms with E-state index in [-0.39, 0.29) is 19.0 Å². The number of thiophene rings is 1. The summed E-state index contributed by atoms with van der Waals surface area (Å²) in [4.78, 5) is 18.4. The summed E-state index contributed by atoms with van der Waals surface area (Å²) in [7, 11) is 1.37. The zero-order valence-corrected chi connectivity index (χ0v) is 18.6. The molecule has 4 rings (SSSR count). The number of carbonyl (C=O) groups excluding carboxylic acids is 1. The molecule has 1 aromatic carbocycles. The van der Waals surface area contributed by atoms with Crippen molar-refractivity contribution in [3.8, 4) is 16.8 Å². The third kappa shape index (κ3) is 3.78. The average molecular weight is 435 g/mol. The Labute approximate surface area is 184 Å². The predicted molar refractivity (Wildman–Crippen MR) is 119 cm³/mol. The highest BCUT2D eigenvalue weighted by molar-refractivity contribution is 7.15. The zero-order chi connectivity index (χ0) is 22.1. The topological polar surface area (TPSA) is 89.6 Å². The summed E-state index contributed by atoms with van der Waals surface area (Å²) >= 11 is 1.67. The number of fused-ring (bicyclic) bond motifs is 3. The standard InChI is InChI=1S/C23H22N4O3S/c1-13-14(2)31-23-20(13)21(17-9-7-16(8-10-17)6-5-11-28)24-18(12-19(29)30-4)22-26-25-15(3)27(22)23/h7-10,18,28H,11-12H2,1-4H3/t18-/m0/s1. The van der Waals surface area contributed by atoms with Gasteiger partial charge in [-0.3, -0.25) is 14.4 Å². The van der Waals surface area contributed by atoms with Crippen LogP contribution in [-0.4, -0.2) is 45.3 Å². The van der Waals surface area contributed by atoms with Crippen LogP contribution in [0.15, 0.2) is 29.3 Å². The number of aryl methyl sites for hydroxylation is 2. The Kier molecular flexibility index (Phi) is 5.72. The average Bonchev–Trinajstić information content (AvgIpc) is 3.24. The van der Waals surface area contributed by atoms with Crippen molar-refractivity contribution >= 4 is 23.0 Å². The van der Waals surface area contributed by atoms with Crippen LogP contribution in [-0.2, 0) is 9.53 Å². The van der Waals surface area contributed by atoms with Crippen molar-refractivity contribution in [2.24, 2.45) is 4.99 Å². The monoisotopic (exact) mass is 434 g/mol. The highest BCUT2D eigenvalue weighted by Gasteiger charge is 2.32. The van der Waals surface area contributed by atoms with Crippen LogP contribution in [0.1, 0.15) is 51.2 Å². The first-order valence-corrected chi connectivity index (χ1v) is 10.6. The maximum atomic E-state index is 12.1. The molecule has 2 aromatic heterocycles. The highest BCUT2D eigenvalue weighted by atomic mass is 32.1. The number of esters is 1. The number of aliphatic hydroxyl groups is 1. The van der Waals surface area contributed by atoms with E-state index in [0.717, 1.165) is 38.8 Å². The minimum absolute atomic E-state index is 0.0746. The molecule has 0 bridgehead atoms. The number of ether oxygens (including phenoxy) is 1. The van der Waals surface area contributed by atoms with E-state index in [1.165, 1.54) is 12.0 Å². The van der Waals surface area contributed by atoms with Crippen molar-refractivity contribution in [2.45, 2.75) is 33.2 Å². The molecule has 8 heteroatoms. The number of aliphatic imine (C=N–C) groups is 1. The molecule has 0 spiro atoms. The second-order valence-corrected chi connectivity index (χ2v) is 8.42. The molecule has 31 heavy (non-hydrogen) atoms. The van der Waals surface area contributed by atoms with E-state index in [2.05, 4.69) is 35.9 Å². The first-order chi connectivity index (χ1) is 14.9. The Balaban J connectivity index is 1.93. The molecule has 0 aliphatic carbocycles. The zero-order valence-electron chi connectivity index (χ0n) is 17.8. The quantitative estimate of drug-likeness (QED) is 0.506. The van der Waals surface area contributed by atoms with Crippen molar-refractivity contribution in [1.29, 1.82) is 0 Å². The Morgan fingerprint density at radius 3 is 2.65 bits per heavy atom. The van der Waals surface area contributed by atoms with Gasteiger partial charge in [-0.05, 0) is 38.5 Å². The molecular weight excluding hydrogens is 412 g/mol. The minimum atomic E-state index is -0.517. The molecule has 0 saturated heterocycles. The van der Waals surface area contributed by atoms with Gasteiger partial charge in [0.15, 0.2) is 5.82 Å². The Hall–Kier alpha value is -3.28. The maximum absolute atomic E-state index is 12.1. The van der Waals surface area contributed by atoms with E-state index in [1.807, 2.05) is 35.8 Å². The molecule has 0 amide bonds. The van der Waals surface area contributed by atoms with E-state index in [1.54, 1.807) is 11.3 Å². The lowest BCUT2D eigenvalue weighted by Crippen LogP contribution is -2.12. The summed E-state index contributed by atoms with van der Waals surface area (Å²) in [6, 6.07) is 7.22. The molecular formula is C23H22N4O3S. The van der Waals surface area contributed by atoms with Crippen molar-refractivity contribution in [3.05, 3.63) is 63.0 Å². The molecule has 0 fully saturated rings. The van der Waals surface area contributed by atoms with Crippen LogP contribution in [0.5, 0.6) is 0 Å². The molecule has 7 nitrogen and oxygen atoms in total. The number of aliphatic hydroxyl groups excluding tert-OH is 1. The number of nitrogens with zero attached hydrogens (tertiary/aromatic N) is 4. The van der Waals surface area contributed by atoms with E-state index in [4.69, 9.17) is 14.8 Å². The lowest BCUT2D eigenvalue weighted by Gasteiger charge is -2.11. The van der Waals surface area contributed by atoms with Crippen LogP contribution in [0.4, 0.5) is 0 Å². The first kappa shape index (κ1) is 21.0. The molecule has 3 heterocycles. The third-order valence-electron chi connectivity index (χ3n) is 5.30.